The zero-order valence-corrected chi connectivity index (χ0v) is 9.39. The van der Waals surface area contributed by atoms with Gasteiger partial charge in [-0.15, -0.1) is 11.8 Å². The van der Waals surface area contributed by atoms with Crippen molar-refractivity contribution in [2.24, 2.45) is 11.7 Å². The highest BCUT2D eigenvalue weighted by atomic mass is 32.2. The van der Waals surface area contributed by atoms with E-state index in [9.17, 15) is 0 Å². The molecule has 1 aliphatic rings. The Bertz CT molecular complexity index is 307. The summed E-state index contributed by atoms with van der Waals surface area (Å²) in [5, 5.41) is 0. The summed E-state index contributed by atoms with van der Waals surface area (Å²) in [4.78, 5) is 1.35. The van der Waals surface area contributed by atoms with E-state index in [0.717, 1.165) is 11.7 Å². The number of thioether (sulfide) groups is 1. The van der Waals surface area contributed by atoms with Crippen LogP contribution in [0.2, 0.25) is 0 Å². The zero-order valence-electron chi connectivity index (χ0n) is 8.57. The molecule has 0 amide bonds. The summed E-state index contributed by atoms with van der Waals surface area (Å²) in [6.07, 6.45) is 2.62. The lowest BCUT2D eigenvalue weighted by atomic mass is 10.0. The van der Waals surface area contributed by atoms with E-state index in [1.54, 1.807) is 0 Å². The van der Waals surface area contributed by atoms with Crippen molar-refractivity contribution in [2.45, 2.75) is 30.7 Å². The van der Waals surface area contributed by atoms with Gasteiger partial charge in [-0.1, -0.05) is 19.1 Å². The van der Waals surface area contributed by atoms with Crippen LogP contribution in [-0.2, 0) is 0 Å². The molecule has 0 aliphatic heterocycles. The molecule has 2 rings (SSSR count). The van der Waals surface area contributed by atoms with Crippen LogP contribution in [0.3, 0.4) is 0 Å². The van der Waals surface area contributed by atoms with Crippen LogP contribution < -0.4 is 5.73 Å². The molecule has 1 atom stereocenters. The van der Waals surface area contributed by atoms with E-state index in [1.165, 1.54) is 23.3 Å². The Morgan fingerprint density at radius 1 is 1.50 bits per heavy atom. The Morgan fingerprint density at radius 2 is 2.29 bits per heavy atom. The number of hydrogen-bond donors (Lipinski definition) is 1. The highest BCUT2D eigenvalue weighted by molar-refractivity contribution is 7.99. The van der Waals surface area contributed by atoms with E-state index in [0.29, 0.717) is 0 Å². The van der Waals surface area contributed by atoms with E-state index < -0.39 is 0 Å². The van der Waals surface area contributed by atoms with Gasteiger partial charge in [-0.05, 0) is 42.2 Å². The molecule has 0 bridgehead atoms. The summed E-state index contributed by atoms with van der Waals surface area (Å²) in [6.45, 7) is 2.18. The van der Waals surface area contributed by atoms with Crippen molar-refractivity contribution in [3.05, 3.63) is 29.8 Å². The topological polar surface area (TPSA) is 26.0 Å². The SMILES string of the molecule is CCSc1cccc(C(N)C2CC2)c1. The third-order valence-corrected chi connectivity index (χ3v) is 3.56. The molecule has 1 nitrogen and oxygen atoms in total. The minimum absolute atomic E-state index is 0.271. The normalized spacial score (nSPS) is 18.1. The fourth-order valence-electron chi connectivity index (χ4n) is 1.71. The van der Waals surface area contributed by atoms with Crippen LogP contribution in [0.4, 0.5) is 0 Å². The Morgan fingerprint density at radius 3 is 2.93 bits per heavy atom. The summed E-state index contributed by atoms with van der Waals surface area (Å²) in [7, 11) is 0. The number of nitrogens with two attached hydrogens (primary N) is 1. The van der Waals surface area contributed by atoms with Gasteiger partial charge in [-0.25, -0.2) is 0 Å². The van der Waals surface area contributed by atoms with Crippen molar-refractivity contribution in [3.8, 4) is 0 Å². The van der Waals surface area contributed by atoms with Crippen LogP contribution in [0.25, 0.3) is 0 Å². The van der Waals surface area contributed by atoms with Crippen LogP contribution in [0.5, 0.6) is 0 Å². The summed E-state index contributed by atoms with van der Waals surface area (Å²) in [6, 6.07) is 8.96. The largest absolute Gasteiger partial charge is 0.324 e. The standard InChI is InChI=1S/C12H17NS/c1-2-14-11-5-3-4-10(8-11)12(13)9-6-7-9/h3-5,8-9,12H,2,6-7,13H2,1H3. The smallest absolute Gasteiger partial charge is 0.0323 e. The van der Waals surface area contributed by atoms with E-state index in [2.05, 4.69) is 31.2 Å². The summed E-state index contributed by atoms with van der Waals surface area (Å²) >= 11 is 1.88. The van der Waals surface area contributed by atoms with E-state index >= 15 is 0 Å². The second kappa shape index (κ2) is 4.37. The molecule has 0 spiro atoms. The average Bonchev–Trinajstić information content (AvgIpc) is 3.01. The second-order valence-electron chi connectivity index (χ2n) is 3.87. The predicted molar refractivity (Wildman–Crippen MR) is 62.5 cm³/mol. The molecule has 2 N–H and O–H groups in total. The maximum atomic E-state index is 6.16. The second-order valence-corrected chi connectivity index (χ2v) is 5.21. The molecule has 0 saturated heterocycles. The quantitative estimate of drug-likeness (QED) is 0.767. The van der Waals surface area contributed by atoms with Crippen LogP contribution >= 0.6 is 11.8 Å². The fourth-order valence-corrected chi connectivity index (χ4v) is 2.43. The number of hydrogen-bond acceptors (Lipinski definition) is 2. The maximum absolute atomic E-state index is 6.16. The van der Waals surface area contributed by atoms with Crippen molar-refractivity contribution < 1.29 is 0 Å². The average molecular weight is 207 g/mol. The van der Waals surface area contributed by atoms with Gasteiger partial charge in [0.1, 0.15) is 0 Å². The van der Waals surface area contributed by atoms with Crippen molar-refractivity contribution in [1.82, 2.24) is 0 Å². The molecule has 0 aromatic heterocycles. The van der Waals surface area contributed by atoms with E-state index in [1.807, 2.05) is 11.8 Å². The van der Waals surface area contributed by atoms with Crippen LogP contribution in [0, 0.1) is 5.92 Å². The summed E-state index contributed by atoms with van der Waals surface area (Å²) in [5.74, 6) is 1.87. The minimum atomic E-state index is 0.271. The van der Waals surface area contributed by atoms with Gasteiger partial charge in [-0.3, -0.25) is 0 Å². The lowest BCUT2D eigenvalue weighted by Crippen LogP contribution is -2.12. The Labute approximate surface area is 90.1 Å². The molecule has 0 radical (unpaired) electrons. The molecular formula is C12H17NS. The van der Waals surface area contributed by atoms with Gasteiger partial charge >= 0.3 is 0 Å². The van der Waals surface area contributed by atoms with Gasteiger partial charge in [0.05, 0.1) is 0 Å². The summed E-state index contributed by atoms with van der Waals surface area (Å²) in [5.41, 5.74) is 7.47. The first-order chi connectivity index (χ1) is 6.81. The van der Waals surface area contributed by atoms with Gasteiger partial charge < -0.3 is 5.73 Å². The van der Waals surface area contributed by atoms with Crippen molar-refractivity contribution in [1.29, 1.82) is 0 Å². The van der Waals surface area contributed by atoms with Crippen LogP contribution in [0.15, 0.2) is 29.2 Å². The molecule has 1 aliphatic carbocycles. The lowest BCUT2D eigenvalue weighted by molar-refractivity contribution is 0.632. The zero-order chi connectivity index (χ0) is 9.97. The summed E-state index contributed by atoms with van der Waals surface area (Å²) < 4.78 is 0. The Hall–Kier alpha value is -0.470. The molecule has 76 valence electrons. The molecular weight excluding hydrogens is 190 g/mol. The lowest BCUT2D eigenvalue weighted by Gasteiger charge is -2.11. The minimum Gasteiger partial charge on any atom is -0.324 e. The maximum Gasteiger partial charge on any atom is 0.0323 e. The molecule has 2 heteroatoms. The molecule has 14 heavy (non-hydrogen) atoms. The first kappa shape index (κ1) is 10.1. The predicted octanol–water partition coefficient (Wildman–Crippen LogP) is 3.21. The van der Waals surface area contributed by atoms with E-state index in [-0.39, 0.29) is 6.04 Å². The van der Waals surface area contributed by atoms with Crippen molar-refractivity contribution in [3.63, 3.8) is 0 Å². The molecule has 1 fully saturated rings. The van der Waals surface area contributed by atoms with Gasteiger partial charge in [0.2, 0.25) is 0 Å². The molecule has 1 aromatic rings. The number of benzene rings is 1. The van der Waals surface area contributed by atoms with Gasteiger partial charge in [0.15, 0.2) is 0 Å². The monoisotopic (exact) mass is 207 g/mol. The highest BCUT2D eigenvalue weighted by Crippen LogP contribution is 2.39. The molecule has 1 aromatic carbocycles. The highest BCUT2D eigenvalue weighted by Gasteiger charge is 2.29. The Balaban J connectivity index is 2.12. The number of rotatable bonds is 4. The van der Waals surface area contributed by atoms with Gasteiger partial charge in [0.25, 0.3) is 0 Å². The van der Waals surface area contributed by atoms with Crippen molar-refractivity contribution >= 4 is 11.8 Å². The third-order valence-electron chi connectivity index (χ3n) is 2.68. The molecule has 1 unspecified atom stereocenters. The van der Waals surface area contributed by atoms with Gasteiger partial charge in [-0.2, -0.15) is 0 Å². The van der Waals surface area contributed by atoms with Crippen LogP contribution in [-0.4, -0.2) is 5.75 Å². The van der Waals surface area contributed by atoms with Crippen molar-refractivity contribution in [2.75, 3.05) is 5.75 Å². The van der Waals surface area contributed by atoms with Gasteiger partial charge in [0, 0.05) is 10.9 Å². The fraction of sp³-hybridized carbons (Fsp3) is 0.500. The van der Waals surface area contributed by atoms with E-state index in [4.69, 9.17) is 5.73 Å². The molecule has 0 heterocycles. The van der Waals surface area contributed by atoms with Crippen LogP contribution in [0.1, 0.15) is 31.4 Å². The first-order valence-corrected chi connectivity index (χ1v) is 6.28. The third kappa shape index (κ3) is 2.31. The molecule has 1 saturated carbocycles. The Kier molecular flexibility index (Phi) is 3.14. The first-order valence-electron chi connectivity index (χ1n) is 5.29.